The summed E-state index contributed by atoms with van der Waals surface area (Å²) in [5.74, 6) is -1.37. The summed E-state index contributed by atoms with van der Waals surface area (Å²) in [6, 6.07) is 9.07. The zero-order valence-electron chi connectivity index (χ0n) is 9.79. The normalized spacial score (nSPS) is 11.9. The van der Waals surface area contributed by atoms with E-state index in [-0.39, 0.29) is 12.5 Å². The minimum atomic E-state index is -1.08. The molecule has 0 bridgehead atoms. The SMILES string of the molecule is CC(OCC(=O)N(C)c1ccccc1)C(=O)O. The molecule has 0 fully saturated rings. The smallest absolute Gasteiger partial charge is 0.332 e. The number of benzene rings is 1. The Morgan fingerprint density at radius 3 is 2.47 bits per heavy atom. The second-order valence-electron chi connectivity index (χ2n) is 3.58. The van der Waals surface area contributed by atoms with Crippen molar-refractivity contribution in [3.05, 3.63) is 30.3 Å². The van der Waals surface area contributed by atoms with E-state index in [0.717, 1.165) is 5.69 Å². The molecule has 0 saturated heterocycles. The van der Waals surface area contributed by atoms with Crippen LogP contribution in [0.1, 0.15) is 6.92 Å². The molecule has 92 valence electrons. The molecule has 0 radical (unpaired) electrons. The van der Waals surface area contributed by atoms with Crippen molar-refractivity contribution in [2.45, 2.75) is 13.0 Å². The summed E-state index contributed by atoms with van der Waals surface area (Å²) in [5.41, 5.74) is 0.740. The van der Waals surface area contributed by atoms with Gasteiger partial charge >= 0.3 is 5.97 Å². The van der Waals surface area contributed by atoms with Crippen molar-refractivity contribution in [3.63, 3.8) is 0 Å². The van der Waals surface area contributed by atoms with E-state index in [1.165, 1.54) is 11.8 Å². The van der Waals surface area contributed by atoms with Gasteiger partial charge in [0.25, 0.3) is 5.91 Å². The topological polar surface area (TPSA) is 66.8 Å². The van der Waals surface area contributed by atoms with Crippen LogP contribution in [0.3, 0.4) is 0 Å². The van der Waals surface area contributed by atoms with Gasteiger partial charge in [0.2, 0.25) is 0 Å². The number of aliphatic carboxylic acids is 1. The molecule has 0 aliphatic carbocycles. The van der Waals surface area contributed by atoms with E-state index in [9.17, 15) is 9.59 Å². The molecular weight excluding hydrogens is 222 g/mol. The number of anilines is 1. The van der Waals surface area contributed by atoms with Gasteiger partial charge < -0.3 is 14.7 Å². The Labute approximate surface area is 99.6 Å². The molecule has 1 rings (SSSR count). The van der Waals surface area contributed by atoms with E-state index in [1.54, 1.807) is 19.2 Å². The monoisotopic (exact) mass is 237 g/mol. The first-order chi connectivity index (χ1) is 8.02. The molecule has 0 aliphatic rings. The van der Waals surface area contributed by atoms with Gasteiger partial charge in [0.1, 0.15) is 6.61 Å². The highest BCUT2D eigenvalue weighted by Crippen LogP contribution is 2.11. The van der Waals surface area contributed by atoms with Gasteiger partial charge in [-0.1, -0.05) is 18.2 Å². The fourth-order valence-electron chi connectivity index (χ4n) is 1.16. The number of carboxylic acid groups (broad SMARTS) is 1. The van der Waals surface area contributed by atoms with E-state index in [2.05, 4.69) is 0 Å². The van der Waals surface area contributed by atoms with Crippen molar-refractivity contribution in [2.75, 3.05) is 18.6 Å². The van der Waals surface area contributed by atoms with E-state index >= 15 is 0 Å². The minimum absolute atomic E-state index is 0.251. The Morgan fingerprint density at radius 2 is 1.94 bits per heavy atom. The molecule has 0 aliphatic heterocycles. The summed E-state index contributed by atoms with van der Waals surface area (Å²) >= 11 is 0. The van der Waals surface area contributed by atoms with Crippen LogP contribution in [0.15, 0.2) is 30.3 Å². The number of carbonyl (C=O) groups is 2. The molecule has 0 heterocycles. The van der Waals surface area contributed by atoms with Crippen LogP contribution in [0.5, 0.6) is 0 Å². The highest BCUT2D eigenvalue weighted by molar-refractivity contribution is 5.93. The average Bonchev–Trinajstić information content (AvgIpc) is 2.35. The predicted molar refractivity (Wildman–Crippen MR) is 62.9 cm³/mol. The number of para-hydroxylation sites is 1. The van der Waals surface area contributed by atoms with Crippen molar-refractivity contribution in [1.82, 2.24) is 0 Å². The standard InChI is InChI=1S/C12H15NO4/c1-9(12(15)16)17-8-11(14)13(2)10-6-4-3-5-7-10/h3-7,9H,8H2,1-2H3,(H,15,16). The molecule has 0 spiro atoms. The Kier molecular flexibility index (Phi) is 4.66. The second-order valence-corrected chi connectivity index (χ2v) is 3.58. The van der Waals surface area contributed by atoms with E-state index < -0.39 is 12.1 Å². The van der Waals surface area contributed by atoms with Gasteiger partial charge in [-0.25, -0.2) is 4.79 Å². The van der Waals surface area contributed by atoms with Gasteiger partial charge in [0, 0.05) is 12.7 Å². The molecule has 5 heteroatoms. The van der Waals surface area contributed by atoms with Crippen molar-refractivity contribution >= 4 is 17.6 Å². The number of hydrogen-bond donors (Lipinski definition) is 1. The van der Waals surface area contributed by atoms with Crippen molar-refractivity contribution in [2.24, 2.45) is 0 Å². The summed E-state index contributed by atoms with van der Waals surface area (Å²) in [6.07, 6.45) is -0.983. The lowest BCUT2D eigenvalue weighted by atomic mass is 10.3. The van der Waals surface area contributed by atoms with Crippen LogP contribution < -0.4 is 4.90 Å². The molecule has 1 atom stereocenters. The first-order valence-corrected chi connectivity index (χ1v) is 5.18. The van der Waals surface area contributed by atoms with Crippen LogP contribution in [0.2, 0.25) is 0 Å². The summed E-state index contributed by atoms with van der Waals surface area (Å²) < 4.78 is 4.92. The lowest BCUT2D eigenvalue weighted by molar-refractivity contribution is -0.150. The third-order valence-corrected chi connectivity index (χ3v) is 2.32. The van der Waals surface area contributed by atoms with Gasteiger partial charge in [-0.2, -0.15) is 0 Å². The third-order valence-electron chi connectivity index (χ3n) is 2.32. The van der Waals surface area contributed by atoms with Crippen LogP contribution >= 0.6 is 0 Å². The van der Waals surface area contributed by atoms with E-state index in [1.807, 2.05) is 18.2 Å². The number of rotatable bonds is 5. The average molecular weight is 237 g/mol. The van der Waals surface area contributed by atoms with Crippen LogP contribution in [0.4, 0.5) is 5.69 Å². The van der Waals surface area contributed by atoms with Gasteiger partial charge in [0.15, 0.2) is 6.10 Å². The molecular formula is C12H15NO4. The lowest BCUT2D eigenvalue weighted by Gasteiger charge is -2.18. The van der Waals surface area contributed by atoms with Crippen LogP contribution in [-0.4, -0.2) is 36.7 Å². The quantitative estimate of drug-likeness (QED) is 0.833. The number of hydrogen-bond acceptors (Lipinski definition) is 3. The molecule has 0 saturated carbocycles. The highest BCUT2D eigenvalue weighted by Gasteiger charge is 2.16. The maximum atomic E-state index is 11.7. The first kappa shape index (κ1) is 13.2. The number of likely N-dealkylation sites (N-methyl/N-ethyl adjacent to an activating group) is 1. The van der Waals surface area contributed by atoms with Crippen LogP contribution in [0.25, 0.3) is 0 Å². The predicted octanol–water partition coefficient (Wildman–Crippen LogP) is 1.14. The maximum Gasteiger partial charge on any atom is 0.332 e. The maximum absolute atomic E-state index is 11.7. The number of nitrogens with zero attached hydrogens (tertiary/aromatic N) is 1. The summed E-state index contributed by atoms with van der Waals surface area (Å²) in [7, 11) is 1.62. The molecule has 1 aromatic carbocycles. The van der Waals surface area contributed by atoms with Gasteiger partial charge in [-0.15, -0.1) is 0 Å². The summed E-state index contributed by atoms with van der Waals surface area (Å²) in [5, 5.41) is 8.60. The zero-order valence-corrected chi connectivity index (χ0v) is 9.79. The van der Waals surface area contributed by atoms with Crippen molar-refractivity contribution in [1.29, 1.82) is 0 Å². The highest BCUT2D eigenvalue weighted by atomic mass is 16.5. The largest absolute Gasteiger partial charge is 0.479 e. The van der Waals surface area contributed by atoms with Crippen molar-refractivity contribution < 1.29 is 19.4 Å². The molecule has 1 unspecified atom stereocenters. The number of ether oxygens (including phenoxy) is 1. The van der Waals surface area contributed by atoms with Gasteiger partial charge in [0.05, 0.1) is 0 Å². The zero-order chi connectivity index (χ0) is 12.8. The molecule has 0 aromatic heterocycles. The Bertz CT molecular complexity index is 391. The Morgan fingerprint density at radius 1 is 1.35 bits per heavy atom. The molecule has 5 nitrogen and oxygen atoms in total. The van der Waals surface area contributed by atoms with Gasteiger partial charge in [-0.3, -0.25) is 4.79 Å². The van der Waals surface area contributed by atoms with Crippen molar-refractivity contribution in [3.8, 4) is 0 Å². The lowest BCUT2D eigenvalue weighted by Crippen LogP contribution is -2.33. The minimum Gasteiger partial charge on any atom is -0.479 e. The second kappa shape index (κ2) is 6.00. The number of carbonyl (C=O) groups excluding carboxylic acids is 1. The molecule has 1 amide bonds. The molecule has 17 heavy (non-hydrogen) atoms. The van der Waals surface area contributed by atoms with E-state index in [4.69, 9.17) is 9.84 Å². The molecule has 1 N–H and O–H groups in total. The summed E-state index contributed by atoms with van der Waals surface area (Å²) in [6.45, 7) is 1.14. The first-order valence-electron chi connectivity index (χ1n) is 5.18. The van der Waals surface area contributed by atoms with Crippen LogP contribution in [0, 0.1) is 0 Å². The Balaban J connectivity index is 2.51. The number of amides is 1. The fourth-order valence-corrected chi connectivity index (χ4v) is 1.16. The number of carboxylic acids is 1. The summed E-state index contributed by atoms with van der Waals surface area (Å²) in [4.78, 5) is 23.6. The third kappa shape index (κ3) is 3.88. The molecule has 1 aromatic rings. The van der Waals surface area contributed by atoms with Gasteiger partial charge in [-0.05, 0) is 19.1 Å². The Hall–Kier alpha value is -1.88. The van der Waals surface area contributed by atoms with Crippen LogP contribution in [-0.2, 0) is 14.3 Å². The fraction of sp³-hybridized carbons (Fsp3) is 0.333. The van der Waals surface area contributed by atoms with E-state index in [0.29, 0.717) is 0 Å².